The largest absolute Gasteiger partial charge is 0.361 e. The van der Waals surface area contributed by atoms with Crippen molar-refractivity contribution < 1.29 is 4.52 Å². The molecule has 1 unspecified atom stereocenters. The van der Waals surface area contributed by atoms with Crippen LogP contribution in [0.5, 0.6) is 0 Å². The highest BCUT2D eigenvalue weighted by Gasteiger charge is 2.27. The van der Waals surface area contributed by atoms with Crippen molar-refractivity contribution in [3.8, 4) is 0 Å². The fraction of sp³-hybridized carbons (Fsp3) is 0.667. The predicted octanol–water partition coefficient (Wildman–Crippen LogP) is 2.16. The molecule has 0 N–H and O–H groups in total. The van der Waals surface area contributed by atoms with E-state index in [-0.39, 0.29) is 0 Å². The lowest BCUT2D eigenvalue weighted by Crippen LogP contribution is -2.33. The lowest BCUT2D eigenvalue weighted by molar-refractivity contribution is 0.216. The van der Waals surface area contributed by atoms with Crippen LogP contribution in [-0.4, -0.2) is 37.4 Å². The molecule has 3 heterocycles. The molecule has 1 fully saturated rings. The molecule has 0 radical (unpaired) electrons. The van der Waals surface area contributed by atoms with Crippen LogP contribution in [0.3, 0.4) is 0 Å². The lowest BCUT2D eigenvalue weighted by Gasteiger charge is -2.24. The summed E-state index contributed by atoms with van der Waals surface area (Å²) in [5, 5.41) is 8.54. The summed E-state index contributed by atoms with van der Waals surface area (Å²) in [6.45, 7) is 10.9. The van der Waals surface area contributed by atoms with Crippen molar-refractivity contribution in [1.29, 1.82) is 0 Å². The first-order chi connectivity index (χ1) is 10.0. The summed E-state index contributed by atoms with van der Waals surface area (Å²) >= 11 is 0. The van der Waals surface area contributed by atoms with Crippen molar-refractivity contribution in [3.63, 3.8) is 0 Å². The Hall–Kier alpha value is -1.69. The minimum Gasteiger partial charge on any atom is -0.361 e. The van der Waals surface area contributed by atoms with E-state index in [0.29, 0.717) is 6.04 Å². The third-order valence-corrected chi connectivity index (χ3v) is 4.39. The molecule has 2 aromatic rings. The van der Waals surface area contributed by atoms with Crippen LogP contribution in [0, 0.1) is 27.7 Å². The smallest absolute Gasteiger partial charge is 0.147 e. The van der Waals surface area contributed by atoms with Gasteiger partial charge in [0.15, 0.2) is 0 Å². The van der Waals surface area contributed by atoms with Crippen LogP contribution in [-0.2, 0) is 13.1 Å². The van der Waals surface area contributed by atoms with E-state index in [1.165, 1.54) is 18.4 Å². The van der Waals surface area contributed by atoms with Crippen LogP contribution in [0.15, 0.2) is 4.52 Å². The highest BCUT2D eigenvalue weighted by molar-refractivity contribution is 5.20. The third-order valence-electron chi connectivity index (χ3n) is 4.39. The fourth-order valence-electron chi connectivity index (χ4n) is 3.17. The summed E-state index contributed by atoms with van der Waals surface area (Å²) in [5.74, 6) is 2.78. The van der Waals surface area contributed by atoms with Crippen molar-refractivity contribution in [2.75, 3.05) is 6.54 Å². The number of likely N-dealkylation sites (tertiary alicyclic amines) is 1. The molecule has 0 aliphatic carbocycles. The van der Waals surface area contributed by atoms with Gasteiger partial charge in [-0.15, -0.1) is 0 Å². The van der Waals surface area contributed by atoms with Gasteiger partial charge >= 0.3 is 0 Å². The summed E-state index contributed by atoms with van der Waals surface area (Å²) in [6, 6.07) is 0.512. The number of hydrogen-bond donors (Lipinski definition) is 0. The Morgan fingerprint density at radius 2 is 2.05 bits per heavy atom. The Morgan fingerprint density at radius 1 is 1.24 bits per heavy atom. The zero-order valence-corrected chi connectivity index (χ0v) is 13.3. The van der Waals surface area contributed by atoms with Crippen LogP contribution < -0.4 is 0 Å². The fourth-order valence-corrected chi connectivity index (χ4v) is 3.17. The van der Waals surface area contributed by atoms with Gasteiger partial charge in [0.2, 0.25) is 0 Å². The van der Waals surface area contributed by atoms with E-state index in [0.717, 1.165) is 42.7 Å². The molecule has 0 aromatic carbocycles. The van der Waals surface area contributed by atoms with E-state index in [1.54, 1.807) is 0 Å². The van der Waals surface area contributed by atoms with Crippen LogP contribution in [0.1, 0.15) is 41.5 Å². The first-order valence-electron chi connectivity index (χ1n) is 7.58. The minimum atomic E-state index is 0.512. The van der Waals surface area contributed by atoms with Gasteiger partial charge in [-0.1, -0.05) is 5.16 Å². The summed E-state index contributed by atoms with van der Waals surface area (Å²) in [4.78, 5) is 6.91. The van der Waals surface area contributed by atoms with E-state index in [1.807, 2.05) is 32.4 Å². The van der Waals surface area contributed by atoms with Crippen molar-refractivity contribution in [3.05, 3.63) is 28.7 Å². The van der Waals surface area contributed by atoms with Crippen LogP contribution in [0.25, 0.3) is 0 Å². The average Bonchev–Trinajstić information content (AvgIpc) is 3.08. The Balaban J connectivity index is 1.72. The maximum atomic E-state index is 5.28. The molecular formula is C15H23N5O. The molecule has 1 atom stereocenters. The van der Waals surface area contributed by atoms with E-state index >= 15 is 0 Å². The van der Waals surface area contributed by atoms with Gasteiger partial charge in [-0.3, -0.25) is 4.90 Å². The molecule has 114 valence electrons. The second-order valence-corrected chi connectivity index (χ2v) is 5.96. The van der Waals surface area contributed by atoms with Gasteiger partial charge in [0.25, 0.3) is 0 Å². The zero-order chi connectivity index (χ0) is 15.0. The maximum Gasteiger partial charge on any atom is 0.147 e. The Bertz CT molecular complexity index is 611. The summed E-state index contributed by atoms with van der Waals surface area (Å²) in [6.07, 6.45) is 2.45. The Morgan fingerprint density at radius 3 is 2.67 bits per heavy atom. The number of aryl methyl sites for hydroxylation is 4. The molecule has 6 nitrogen and oxygen atoms in total. The van der Waals surface area contributed by atoms with Crippen molar-refractivity contribution in [2.24, 2.45) is 0 Å². The molecule has 3 rings (SSSR count). The standard InChI is InChI=1S/C15H23N5O/c1-10-15(11(2)21-18-10)9-19-7-5-6-14(19)8-20-13(4)16-12(3)17-20/h14H,5-9H2,1-4H3. The van der Waals surface area contributed by atoms with Crippen LogP contribution >= 0.6 is 0 Å². The monoisotopic (exact) mass is 289 g/mol. The van der Waals surface area contributed by atoms with Gasteiger partial charge in [-0.05, 0) is 47.1 Å². The Labute approximate surface area is 125 Å². The molecular weight excluding hydrogens is 266 g/mol. The van der Waals surface area contributed by atoms with Gasteiger partial charge in [-0.2, -0.15) is 5.10 Å². The van der Waals surface area contributed by atoms with Crippen LogP contribution in [0.2, 0.25) is 0 Å². The normalized spacial score (nSPS) is 19.5. The summed E-state index contributed by atoms with van der Waals surface area (Å²) in [7, 11) is 0. The van der Waals surface area contributed by atoms with Gasteiger partial charge < -0.3 is 4.52 Å². The van der Waals surface area contributed by atoms with Crippen molar-refractivity contribution in [1.82, 2.24) is 24.8 Å². The van der Waals surface area contributed by atoms with Gasteiger partial charge in [0.05, 0.1) is 12.2 Å². The Kier molecular flexibility index (Phi) is 3.80. The number of rotatable bonds is 4. The summed E-state index contributed by atoms with van der Waals surface area (Å²) < 4.78 is 7.31. The van der Waals surface area contributed by atoms with Gasteiger partial charge in [0, 0.05) is 18.2 Å². The molecule has 21 heavy (non-hydrogen) atoms. The zero-order valence-electron chi connectivity index (χ0n) is 13.3. The number of aromatic nitrogens is 4. The van der Waals surface area contributed by atoms with E-state index in [2.05, 4.69) is 20.1 Å². The predicted molar refractivity (Wildman–Crippen MR) is 78.9 cm³/mol. The molecule has 2 aromatic heterocycles. The number of nitrogens with zero attached hydrogens (tertiary/aromatic N) is 5. The van der Waals surface area contributed by atoms with Gasteiger partial charge in [-0.25, -0.2) is 9.67 Å². The van der Waals surface area contributed by atoms with Gasteiger partial charge in [0.1, 0.15) is 17.4 Å². The minimum absolute atomic E-state index is 0.512. The molecule has 1 saturated heterocycles. The average molecular weight is 289 g/mol. The SMILES string of the molecule is Cc1nc(C)n(CC2CCCN2Cc2c(C)noc2C)n1. The molecule has 0 bridgehead atoms. The topological polar surface area (TPSA) is 60.0 Å². The second kappa shape index (κ2) is 5.60. The summed E-state index contributed by atoms with van der Waals surface area (Å²) in [5.41, 5.74) is 2.24. The molecule has 6 heteroatoms. The molecule has 1 aliphatic rings. The molecule has 0 saturated carbocycles. The van der Waals surface area contributed by atoms with Crippen LogP contribution in [0.4, 0.5) is 0 Å². The lowest BCUT2D eigenvalue weighted by atomic mass is 10.1. The third kappa shape index (κ3) is 2.85. The highest BCUT2D eigenvalue weighted by atomic mass is 16.5. The molecule has 0 spiro atoms. The quantitative estimate of drug-likeness (QED) is 0.863. The second-order valence-electron chi connectivity index (χ2n) is 5.96. The van der Waals surface area contributed by atoms with Crippen molar-refractivity contribution >= 4 is 0 Å². The van der Waals surface area contributed by atoms with E-state index in [4.69, 9.17) is 4.52 Å². The maximum absolute atomic E-state index is 5.28. The first-order valence-corrected chi connectivity index (χ1v) is 7.58. The molecule has 0 amide bonds. The molecule has 1 aliphatic heterocycles. The first kappa shape index (κ1) is 14.3. The highest BCUT2D eigenvalue weighted by Crippen LogP contribution is 2.24. The van der Waals surface area contributed by atoms with E-state index < -0.39 is 0 Å². The van der Waals surface area contributed by atoms with Crippen molar-refractivity contribution in [2.45, 2.75) is 59.7 Å². The number of hydrogen-bond acceptors (Lipinski definition) is 5. The van der Waals surface area contributed by atoms with E-state index in [9.17, 15) is 0 Å².